The second-order valence-electron chi connectivity index (χ2n) is 4.86. The van der Waals surface area contributed by atoms with E-state index in [4.69, 9.17) is 5.73 Å². The number of amides is 1. The second kappa shape index (κ2) is 8.97. The fraction of sp³-hybridized carbons (Fsp3) is 0.286. The van der Waals surface area contributed by atoms with Crippen LogP contribution in [0.4, 0.5) is 10.8 Å². The van der Waals surface area contributed by atoms with Gasteiger partial charge in [-0.2, -0.15) is 0 Å². The smallest absolute Gasteiger partial charge is 0.263 e. The first kappa shape index (κ1) is 20.4. The molecule has 0 fully saturated rings. The van der Waals surface area contributed by atoms with Gasteiger partial charge in [-0.3, -0.25) is 9.52 Å². The number of benzene rings is 1. The van der Waals surface area contributed by atoms with Crippen LogP contribution >= 0.6 is 23.7 Å². The third kappa shape index (κ3) is 5.45. The van der Waals surface area contributed by atoms with Gasteiger partial charge in [0.2, 0.25) is 5.91 Å². The lowest BCUT2D eigenvalue weighted by atomic mass is 10.1. The third-order valence-electron chi connectivity index (χ3n) is 3.00. The SMILES string of the molecule is CCCC(N)C(=O)Nc1cccc(S(=O)(=O)Nc2nccs2)c1.Cl. The van der Waals surface area contributed by atoms with Crippen LogP contribution in [0.5, 0.6) is 0 Å². The van der Waals surface area contributed by atoms with Gasteiger partial charge in [0.1, 0.15) is 0 Å². The lowest BCUT2D eigenvalue weighted by molar-refractivity contribution is -0.117. The number of carbonyl (C=O) groups excluding carboxylic acids is 1. The molecule has 10 heteroatoms. The highest BCUT2D eigenvalue weighted by molar-refractivity contribution is 7.93. The van der Waals surface area contributed by atoms with Crippen molar-refractivity contribution in [2.75, 3.05) is 10.0 Å². The largest absolute Gasteiger partial charge is 0.325 e. The van der Waals surface area contributed by atoms with Crippen molar-refractivity contribution < 1.29 is 13.2 Å². The molecule has 4 N–H and O–H groups in total. The van der Waals surface area contributed by atoms with Gasteiger partial charge in [-0.25, -0.2) is 13.4 Å². The van der Waals surface area contributed by atoms with Crippen molar-refractivity contribution in [2.45, 2.75) is 30.7 Å². The zero-order valence-corrected chi connectivity index (χ0v) is 15.4. The second-order valence-corrected chi connectivity index (χ2v) is 7.43. The van der Waals surface area contributed by atoms with Gasteiger partial charge in [0, 0.05) is 17.3 Å². The van der Waals surface area contributed by atoms with Crippen LogP contribution in [-0.2, 0) is 14.8 Å². The molecule has 0 saturated carbocycles. The summed E-state index contributed by atoms with van der Waals surface area (Å²) in [5.74, 6) is -0.339. The number of nitrogens with one attached hydrogen (secondary N) is 2. The molecule has 0 aliphatic heterocycles. The summed E-state index contributed by atoms with van der Waals surface area (Å²) in [6.07, 6.45) is 2.87. The fourth-order valence-electron chi connectivity index (χ4n) is 1.87. The average molecular weight is 391 g/mol. The number of aromatic nitrogens is 1. The minimum Gasteiger partial charge on any atom is -0.325 e. The summed E-state index contributed by atoms with van der Waals surface area (Å²) in [7, 11) is -3.76. The Hall–Kier alpha value is -1.68. The van der Waals surface area contributed by atoms with Gasteiger partial charge in [-0.1, -0.05) is 19.4 Å². The standard InChI is InChI=1S/C14H18N4O3S2.ClH/c1-2-4-12(15)13(19)17-10-5-3-6-11(9-10)23(20,21)18-14-16-7-8-22-14;/h3,5-9,12H,2,4,15H2,1H3,(H,16,18)(H,17,19);1H. The van der Waals surface area contributed by atoms with Crippen molar-refractivity contribution in [1.82, 2.24) is 4.98 Å². The maximum absolute atomic E-state index is 12.3. The number of thiazole rings is 1. The molecule has 0 saturated heterocycles. The van der Waals surface area contributed by atoms with E-state index in [1.807, 2.05) is 6.92 Å². The Kier molecular flexibility index (Phi) is 7.61. The van der Waals surface area contributed by atoms with Crippen LogP contribution in [0.1, 0.15) is 19.8 Å². The molecule has 1 heterocycles. The van der Waals surface area contributed by atoms with Crippen molar-refractivity contribution in [1.29, 1.82) is 0 Å². The Morgan fingerprint density at radius 3 is 2.79 bits per heavy atom. The molecule has 1 unspecified atom stereocenters. The van der Waals surface area contributed by atoms with E-state index in [-0.39, 0.29) is 28.3 Å². The molecule has 0 spiro atoms. The van der Waals surface area contributed by atoms with Crippen molar-refractivity contribution in [3.63, 3.8) is 0 Å². The number of anilines is 2. The van der Waals surface area contributed by atoms with Gasteiger partial charge in [0.15, 0.2) is 5.13 Å². The lowest BCUT2D eigenvalue weighted by Gasteiger charge is -2.12. The molecule has 0 aliphatic carbocycles. The number of rotatable bonds is 7. The molecule has 0 bridgehead atoms. The summed E-state index contributed by atoms with van der Waals surface area (Å²) in [5.41, 5.74) is 6.12. The molecule has 1 atom stereocenters. The van der Waals surface area contributed by atoms with Gasteiger partial charge < -0.3 is 11.1 Å². The number of nitrogens with two attached hydrogens (primary N) is 1. The number of carbonyl (C=O) groups is 1. The number of nitrogens with zero attached hydrogens (tertiary/aromatic N) is 1. The van der Waals surface area contributed by atoms with Gasteiger partial charge in [0.05, 0.1) is 10.9 Å². The van der Waals surface area contributed by atoms with Crippen LogP contribution in [0.15, 0.2) is 40.7 Å². The Morgan fingerprint density at radius 2 is 2.17 bits per heavy atom. The molecule has 0 aliphatic rings. The van der Waals surface area contributed by atoms with Crippen LogP contribution in [0, 0.1) is 0 Å². The highest BCUT2D eigenvalue weighted by Crippen LogP contribution is 2.20. The summed E-state index contributed by atoms with van der Waals surface area (Å²) in [6, 6.07) is 5.37. The predicted octanol–water partition coefficient (Wildman–Crippen LogP) is 2.43. The van der Waals surface area contributed by atoms with E-state index in [9.17, 15) is 13.2 Å². The molecule has 0 radical (unpaired) electrons. The minimum absolute atomic E-state index is 0. The summed E-state index contributed by atoms with van der Waals surface area (Å²) < 4.78 is 27.0. The molecule has 132 valence electrons. The van der Waals surface area contributed by atoms with Crippen LogP contribution in [-0.4, -0.2) is 25.4 Å². The highest BCUT2D eigenvalue weighted by Gasteiger charge is 2.17. The van der Waals surface area contributed by atoms with Crippen molar-refractivity contribution in [3.05, 3.63) is 35.8 Å². The van der Waals surface area contributed by atoms with Crippen LogP contribution in [0.3, 0.4) is 0 Å². The minimum atomic E-state index is -3.76. The first-order valence-electron chi connectivity index (χ1n) is 7.01. The van der Waals surface area contributed by atoms with E-state index >= 15 is 0 Å². The quantitative estimate of drug-likeness (QED) is 0.671. The summed E-state index contributed by atoms with van der Waals surface area (Å²) >= 11 is 1.18. The number of halogens is 1. The monoisotopic (exact) mass is 390 g/mol. The van der Waals surface area contributed by atoms with Gasteiger partial charge >= 0.3 is 0 Å². The van der Waals surface area contributed by atoms with Gasteiger partial charge in [-0.05, 0) is 24.6 Å². The van der Waals surface area contributed by atoms with E-state index in [1.54, 1.807) is 17.5 Å². The Morgan fingerprint density at radius 1 is 1.42 bits per heavy atom. The maximum Gasteiger partial charge on any atom is 0.263 e. The zero-order valence-electron chi connectivity index (χ0n) is 12.9. The van der Waals surface area contributed by atoms with Crippen molar-refractivity contribution >= 4 is 50.5 Å². The first-order valence-corrected chi connectivity index (χ1v) is 9.37. The molecule has 2 aromatic rings. The van der Waals surface area contributed by atoms with Crippen molar-refractivity contribution in [2.24, 2.45) is 5.73 Å². The maximum atomic E-state index is 12.3. The number of sulfonamides is 1. The lowest BCUT2D eigenvalue weighted by Crippen LogP contribution is -2.35. The van der Waals surface area contributed by atoms with Crippen LogP contribution < -0.4 is 15.8 Å². The summed E-state index contributed by atoms with van der Waals surface area (Å²) in [4.78, 5) is 15.8. The normalized spacial score (nSPS) is 12.1. The van der Waals surface area contributed by atoms with E-state index < -0.39 is 16.1 Å². The van der Waals surface area contributed by atoms with E-state index in [0.29, 0.717) is 12.1 Å². The fourth-order valence-corrected chi connectivity index (χ4v) is 3.70. The molecule has 24 heavy (non-hydrogen) atoms. The van der Waals surface area contributed by atoms with E-state index in [2.05, 4.69) is 15.0 Å². The van der Waals surface area contributed by atoms with Crippen LogP contribution in [0.25, 0.3) is 0 Å². The Labute approximate surface area is 151 Å². The topological polar surface area (TPSA) is 114 Å². The summed E-state index contributed by atoms with van der Waals surface area (Å²) in [5, 5.41) is 4.58. The predicted molar refractivity (Wildman–Crippen MR) is 98.1 cm³/mol. The van der Waals surface area contributed by atoms with E-state index in [1.165, 1.54) is 29.7 Å². The third-order valence-corrected chi connectivity index (χ3v) is 5.16. The first-order chi connectivity index (χ1) is 10.9. The molecule has 1 aromatic heterocycles. The zero-order chi connectivity index (χ0) is 16.9. The van der Waals surface area contributed by atoms with Gasteiger partial charge in [0.25, 0.3) is 10.0 Å². The average Bonchev–Trinajstić information content (AvgIpc) is 3.00. The molecular formula is C14H19ClN4O3S2. The Bertz CT molecular complexity index is 766. The van der Waals surface area contributed by atoms with Crippen molar-refractivity contribution in [3.8, 4) is 0 Å². The molecular weight excluding hydrogens is 372 g/mol. The van der Waals surface area contributed by atoms with Gasteiger partial charge in [-0.15, -0.1) is 23.7 Å². The molecule has 1 aromatic carbocycles. The van der Waals surface area contributed by atoms with E-state index in [0.717, 1.165) is 6.42 Å². The molecule has 1 amide bonds. The Balaban J connectivity index is 0.00000288. The highest BCUT2D eigenvalue weighted by atomic mass is 35.5. The van der Waals surface area contributed by atoms with Crippen LogP contribution in [0.2, 0.25) is 0 Å². The molecule has 7 nitrogen and oxygen atoms in total. The number of hydrogen-bond acceptors (Lipinski definition) is 6. The summed E-state index contributed by atoms with van der Waals surface area (Å²) in [6.45, 7) is 1.94. The number of hydrogen-bond donors (Lipinski definition) is 3. The molecule has 2 rings (SSSR count).